The second kappa shape index (κ2) is 5.27. The van der Waals surface area contributed by atoms with Gasteiger partial charge in [0.1, 0.15) is 5.52 Å². The van der Waals surface area contributed by atoms with Crippen molar-refractivity contribution in [3.8, 4) is 0 Å². The third-order valence-corrected chi connectivity index (χ3v) is 2.78. The van der Waals surface area contributed by atoms with Gasteiger partial charge in [-0.25, -0.2) is 4.68 Å². The Morgan fingerprint density at radius 1 is 1.24 bits per heavy atom. The zero-order valence-corrected chi connectivity index (χ0v) is 10.7. The minimum absolute atomic E-state index is 0.532. The van der Waals surface area contributed by atoms with Gasteiger partial charge in [0, 0.05) is 12.6 Å². The van der Waals surface area contributed by atoms with Gasteiger partial charge in [-0.05, 0) is 24.6 Å². The fourth-order valence-electron chi connectivity index (χ4n) is 1.85. The SMILES string of the molecule is CC(CNC(C)C)Cn1nnc2ccccc21. The molecular weight excluding hydrogens is 212 g/mol. The van der Waals surface area contributed by atoms with E-state index in [1.54, 1.807) is 0 Å². The van der Waals surface area contributed by atoms with Crippen molar-refractivity contribution < 1.29 is 0 Å². The molecule has 0 amide bonds. The number of fused-ring (bicyclic) bond motifs is 1. The Labute approximate surface area is 102 Å². The molecule has 1 aromatic heterocycles. The van der Waals surface area contributed by atoms with Gasteiger partial charge in [-0.3, -0.25) is 0 Å². The molecule has 0 aliphatic carbocycles. The van der Waals surface area contributed by atoms with Gasteiger partial charge >= 0.3 is 0 Å². The molecule has 92 valence electrons. The van der Waals surface area contributed by atoms with Crippen molar-refractivity contribution in [2.24, 2.45) is 5.92 Å². The quantitative estimate of drug-likeness (QED) is 0.858. The third-order valence-electron chi connectivity index (χ3n) is 2.78. The minimum atomic E-state index is 0.532. The lowest BCUT2D eigenvalue weighted by Gasteiger charge is -2.14. The highest BCUT2D eigenvalue weighted by Gasteiger charge is 2.08. The number of nitrogens with zero attached hydrogens (tertiary/aromatic N) is 3. The van der Waals surface area contributed by atoms with Crippen molar-refractivity contribution >= 4 is 11.0 Å². The molecule has 0 spiro atoms. The largest absolute Gasteiger partial charge is 0.314 e. The van der Waals surface area contributed by atoms with Crippen LogP contribution in [0.1, 0.15) is 20.8 Å². The van der Waals surface area contributed by atoms with Crippen LogP contribution >= 0.6 is 0 Å². The van der Waals surface area contributed by atoms with Crippen molar-refractivity contribution in [3.05, 3.63) is 24.3 Å². The summed E-state index contributed by atoms with van der Waals surface area (Å²) >= 11 is 0. The number of hydrogen-bond acceptors (Lipinski definition) is 3. The van der Waals surface area contributed by atoms with Crippen LogP contribution in [0.2, 0.25) is 0 Å². The van der Waals surface area contributed by atoms with Crippen LogP contribution in [-0.2, 0) is 6.54 Å². The molecule has 0 bridgehead atoms. The van der Waals surface area contributed by atoms with E-state index in [1.807, 2.05) is 22.9 Å². The first-order valence-electron chi connectivity index (χ1n) is 6.18. The van der Waals surface area contributed by atoms with E-state index in [0.29, 0.717) is 12.0 Å². The van der Waals surface area contributed by atoms with Gasteiger partial charge in [-0.1, -0.05) is 38.1 Å². The molecule has 0 saturated heterocycles. The van der Waals surface area contributed by atoms with Crippen molar-refractivity contribution in [3.63, 3.8) is 0 Å². The maximum absolute atomic E-state index is 4.20. The van der Waals surface area contributed by atoms with Gasteiger partial charge < -0.3 is 5.32 Å². The fourth-order valence-corrected chi connectivity index (χ4v) is 1.85. The second-order valence-electron chi connectivity index (χ2n) is 4.93. The Kier molecular flexibility index (Phi) is 3.74. The lowest BCUT2D eigenvalue weighted by atomic mass is 10.1. The molecule has 0 aliphatic heterocycles. The average molecular weight is 232 g/mol. The first kappa shape index (κ1) is 12.0. The van der Waals surface area contributed by atoms with Crippen LogP contribution in [0.4, 0.5) is 0 Å². The monoisotopic (exact) mass is 232 g/mol. The van der Waals surface area contributed by atoms with Gasteiger partial charge in [-0.15, -0.1) is 5.10 Å². The summed E-state index contributed by atoms with van der Waals surface area (Å²) in [5.74, 6) is 0.544. The molecular formula is C13H20N4. The van der Waals surface area contributed by atoms with Crippen LogP contribution in [-0.4, -0.2) is 27.6 Å². The van der Waals surface area contributed by atoms with Crippen LogP contribution in [0.5, 0.6) is 0 Å². The highest BCUT2D eigenvalue weighted by atomic mass is 15.4. The number of benzene rings is 1. The van der Waals surface area contributed by atoms with Crippen LogP contribution in [0.3, 0.4) is 0 Å². The van der Waals surface area contributed by atoms with Crippen molar-refractivity contribution in [2.45, 2.75) is 33.4 Å². The minimum Gasteiger partial charge on any atom is -0.314 e. The number of para-hydroxylation sites is 1. The maximum atomic E-state index is 4.20. The molecule has 17 heavy (non-hydrogen) atoms. The molecule has 2 rings (SSSR count). The first-order chi connectivity index (χ1) is 8.16. The molecule has 0 radical (unpaired) electrons. The van der Waals surface area contributed by atoms with E-state index >= 15 is 0 Å². The van der Waals surface area contributed by atoms with Crippen molar-refractivity contribution in [2.75, 3.05) is 6.54 Å². The van der Waals surface area contributed by atoms with E-state index in [0.717, 1.165) is 24.1 Å². The highest BCUT2D eigenvalue weighted by Crippen LogP contribution is 2.11. The smallest absolute Gasteiger partial charge is 0.113 e. The summed E-state index contributed by atoms with van der Waals surface area (Å²) < 4.78 is 1.99. The Hall–Kier alpha value is -1.42. The molecule has 1 aromatic carbocycles. The predicted molar refractivity (Wildman–Crippen MR) is 69.8 cm³/mol. The number of nitrogens with one attached hydrogen (secondary N) is 1. The van der Waals surface area contributed by atoms with Crippen LogP contribution in [0.15, 0.2) is 24.3 Å². The van der Waals surface area contributed by atoms with E-state index in [9.17, 15) is 0 Å². The van der Waals surface area contributed by atoms with E-state index < -0.39 is 0 Å². The Bertz CT molecular complexity index is 475. The van der Waals surface area contributed by atoms with Crippen LogP contribution in [0, 0.1) is 5.92 Å². The van der Waals surface area contributed by atoms with Crippen LogP contribution in [0.25, 0.3) is 11.0 Å². The fraction of sp³-hybridized carbons (Fsp3) is 0.538. The molecule has 1 heterocycles. The van der Waals surface area contributed by atoms with Gasteiger partial charge in [0.05, 0.1) is 5.52 Å². The number of aromatic nitrogens is 3. The topological polar surface area (TPSA) is 42.7 Å². The standard InChI is InChI=1S/C13H20N4/c1-10(2)14-8-11(3)9-17-13-7-5-4-6-12(13)15-16-17/h4-7,10-11,14H,8-9H2,1-3H3. The lowest BCUT2D eigenvalue weighted by molar-refractivity contribution is 0.407. The molecule has 1 N–H and O–H groups in total. The van der Waals surface area contributed by atoms with Gasteiger partial charge in [0.15, 0.2) is 0 Å². The molecule has 1 atom stereocenters. The van der Waals surface area contributed by atoms with E-state index in [-0.39, 0.29) is 0 Å². The molecule has 4 nitrogen and oxygen atoms in total. The zero-order chi connectivity index (χ0) is 12.3. The molecule has 0 aliphatic rings. The Morgan fingerprint density at radius 3 is 2.76 bits per heavy atom. The molecule has 1 unspecified atom stereocenters. The molecule has 4 heteroatoms. The predicted octanol–water partition coefficient (Wildman–Crippen LogP) is 2.07. The molecule has 0 fully saturated rings. The average Bonchev–Trinajstić information content (AvgIpc) is 2.70. The summed E-state index contributed by atoms with van der Waals surface area (Å²) in [6.07, 6.45) is 0. The summed E-state index contributed by atoms with van der Waals surface area (Å²) in [5.41, 5.74) is 2.08. The summed E-state index contributed by atoms with van der Waals surface area (Å²) in [6, 6.07) is 8.61. The highest BCUT2D eigenvalue weighted by molar-refractivity contribution is 5.73. The van der Waals surface area contributed by atoms with Crippen molar-refractivity contribution in [1.82, 2.24) is 20.3 Å². The van der Waals surface area contributed by atoms with Gasteiger partial charge in [0.2, 0.25) is 0 Å². The Morgan fingerprint density at radius 2 is 2.00 bits per heavy atom. The third kappa shape index (κ3) is 3.03. The normalized spacial score (nSPS) is 13.4. The summed E-state index contributed by atoms with van der Waals surface area (Å²) in [5, 5.41) is 11.8. The summed E-state index contributed by atoms with van der Waals surface area (Å²) in [6.45, 7) is 8.47. The molecule has 2 aromatic rings. The second-order valence-corrected chi connectivity index (χ2v) is 4.93. The maximum Gasteiger partial charge on any atom is 0.113 e. The number of rotatable bonds is 5. The lowest BCUT2D eigenvalue weighted by Crippen LogP contribution is -2.29. The zero-order valence-electron chi connectivity index (χ0n) is 10.7. The molecule has 0 saturated carbocycles. The van der Waals surface area contributed by atoms with Gasteiger partial charge in [0.25, 0.3) is 0 Å². The van der Waals surface area contributed by atoms with E-state index in [4.69, 9.17) is 0 Å². The summed E-state index contributed by atoms with van der Waals surface area (Å²) in [7, 11) is 0. The van der Waals surface area contributed by atoms with E-state index in [1.165, 1.54) is 0 Å². The van der Waals surface area contributed by atoms with Crippen LogP contribution < -0.4 is 5.32 Å². The van der Waals surface area contributed by atoms with Gasteiger partial charge in [-0.2, -0.15) is 0 Å². The van der Waals surface area contributed by atoms with E-state index in [2.05, 4.69) is 42.5 Å². The first-order valence-corrected chi connectivity index (χ1v) is 6.18. The summed E-state index contributed by atoms with van der Waals surface area (Å²) in [4.78, 5) is 0. The Balaban J connectivity index is 2.03. The number of hydrogen-bond donors (Lipinski definition) is 1. The van der Waals surface area contributed by atoms with Crippen molar-refractivity contribution in [1.29, 1.82) is 0 Å².